The van der Waals surface area contributed by atoms with Crippen LogP contribution in [-0.2, 0) is 10.2 Å². The van der Waals surface area contributed by atoms with Gasteiger partial charge in [0.25, 0.3) is 0 Å². The molecule has 3 heteroatoms. The van der Waals surface area contributed by atoms with Gasteiger partial charge in [-0.25, -0.2) is 0 Å². The van der Waals surface area contributed by atoms with E-state index in [1.54, 1.807) is 0 Å². The van der Waals surface area contributed by atoms with E-state index >= 15 is 0 Å². The van der Waals surface area contributed by atoms with Gasteiger partial charge < -0.3 is 4.74 Å². The Morgan fingerprint density at radius 2 is 1.93 bits per heavy atom. The molecule has 0 unspecified atom stereocenters. The Balaban J connectivity index is 3.04. The maximum Gasteiger partial charge on any atom is 0.308 e. The highest BCUT2D eigenvalue weighted by atomic mass is 79.9. The van der Waals surface area contributed by atoms with Gasteiger partial charge in [-0.1, -0.05) is 42.8 Å². The monoisotopic (exact) mass is 270 g/mol. The number of rotatable bonds is 1. The Bertz CT molecular complexity index is 378. The quantitative estimate of drug-likeness (QED) is 0.575. The molecule has 1 rings (SSSR count). The second-order valence-electron chi connectivity index (χ2n) is 4.49. The number of halogens is 1. The number of benzene rings is 1. The number of carbonyl (C=O) groups excluding carboxylic acids is 1. The van der Waals surface area contributed by atoms with Gasteiger partial charge in [0.2, 0.25) is 0 Å². The lowest BCUT2D eigenvalue weighted by atomic mass is 9.87. The summed E-state index contributed by atoms with van der Waals surface area (Å²) >= 11 is 3.48. The van der Waals surface area contributed by atoms with E-state index in [4.69, 9.17) is 4.74 Å². The Kier molecular flexibility index (Phi) is 3.55. The van der Waals surface area contributed by atoms with Gasteiger partial charge in [-0.05, 0) is 23.1 Å². The SMILES string of the molecule is CC(=O)Oc1ccc(C(C)(C)C)c(Br)c1. The van der Waals surface area contributed by atoms with E-state index in [2.05, 4.69) is 36.7 Å². The van der Waals surface area contributed by atoms with Crippen molar-refractivity contribution < 1.29 is 9.53 Å². The van der Waals surface area contributed by atoms with Crippen molar-refractivity contribution in [3.05, 3.63) is 28.2 Å². The molecule has 0 aromatic heterocycles. The standard InChI is InChI=1S/C12H15BrO2/c1-8(14)15-9-5-6-10(11(13)7-9)12(2,3)4/h5-7H,1-4H3. The van der Waals surface area contributed by atoms with Crippen LogP contribution < -0.4 is 4.74 Å². The van der Waals surface area contributed by atoms with Crippen LogP contribution in [0.5, 0.6) is 5.75 Å². The van der Waals surface area contributed by atoms with Crippen LogP contribution in [0.15, 0.2) is 22.7 Å². The van der Waals surface area contributed by atoms with Crippen LogP contribution in [0.3, 0.4) is 0 Å². The first kappa shape index (κ1) is 12.2. The Morgan fingerprint density at radius 3 is 2.33 bits per heavy atom. The Hall–Kier alpha value is -0.830. The molecule has 0 atom stereocenters. The van der Waals surface area contributed by atoms with E-state index < -0.39 is 0 Å². The molecule has 0 heterocycles. The zero-order valence-electron chi connectivity index (χ0n) is 9.43. The smallest absolute Gasteiger partial charge is 0.308 e. The maximum atomic E-state index is 10.8. The van der Waals surface area contributed by atoms with Crippen molar-refractivity contribution in [3.8, 4) is 5.75 Å². The van der Waals surface area contributed by atoms with Gasteiger partial charge in [-0.15, -0.1) is 0 Å². The minimum Gasteiger partial charge on any atom is -0.427 e. The molecule has 0 N–H and O–H groups in total. The summed E-state index contributed by atoms with van der Waals surface area (Å²) in [5.41, 5.74) is 1.27. The van der Waals surface area contributed by atoms with Crippen LogP contribution in [0.1, 0.15) is 33.3 Å². The minimum absolute atomic E-state index is 0.0770. The van der Waals surface area contributed by atoms with E-state index in [1.165, 1.54) is 12.5 Å². The van der Waals surface area contributed by atoms with Crippen LogP contribution >= 0.6 is 15.9 Å². The van der Waals surface area contributed by atoms with Gasteiger partial charge in [0.15, 0.2) is 0 Å². The third-order valence-corrected chi connectivity index (χ3v) is 2.67. The van der Waals surface area contributed by atoms with Crippen LogP contribution in [-0.4, -0.2) is 5.97 Å². The lowest BCUT2D eigenvalue weighted by Crippen LogP contribution is -2.12. The van der Waals surface area contributed by atoms with E-state index in [9.17, 15) is 4.79 Å². The van der Waals surface area contributed by atoms with Crippen LogP contribution in [0.25, 0.3) is 0 Å². The molecule has 1 aromatic carbocycles. The summed E-state index contributed by atoms with van der Waals surface area (Å²) in [7, 11) is 0. The summed E-state index contributed by atoms with van der Waals surface area (Å²) in [4.78, 5) is 10.8. The van der Waals surface area contributed by atoms with Gasteiger partial charge in [0, 0.05) is 11.4 Å². The summed E-state index contributed by atoms with van der Waals surface area (Å²) in [6.45, 7) is 7.81. The fraction of sp³-hybridized carbons (Fsp3) is 0.417. The van der Waals surface area contributed by atoms with Gasteiger partial charge >= 0.3 is 5.97 Å². The zero-order valence-corrected chi connectivity index (χ0v) is 11.0. The van der Waals surface area contributed by atoms with Crippen molar-refractivity contribution in [1.29, 1.82) is 0 Å². The second kappa shape index (κ2) is 4.35. The van der Waals surface area contributed by atoms with Gasteiger partial charge in [0.1, 0.15) is 5.75 Å². The number of hydrogen-bond acceptors (Lipinski definition) is 2. The van der Waals surface area contributed by atoms with Crippen molar-refractivity contribution in [1.82, 2.24) is 0 Å². The van der Waals surface area contributed by atoms with E-state index in [1.807, 2.05) is 18.2 Å². The summed E-state index contributed by atoms with van der Waals surface area (Å²) in [6, 6.07) is 5.61. The van der Waals surface area contributed by atoms with Crippen LogP contribution in [0.2, 0.25) is 0 Å². The van der Waals surface area contributed by atoms with E-state index in [-0.39, 0.29) is 11.4 Å². The van der Waals surface area contributed by atoms with Gasteiger partial charge in [-0.3, -0.25) is 4.79 Å². The predicted molar refractivity (Wildman–Crippen MR) is 64.2 cm³/mol. The average Bonchev–Trinajstić information content (AvgIpc) is 1.99. The summed E-state index contributed by atoms with van der Waals surface area (Å²) in [6.07, 6.45) is 0. The molecule has 1 aromatic rings. The maximum absolute atomic E-state index is 10.8. The summed E-state index contributed by atoms with van der Waals surface area (Å²) in [5, 5.41) is 0. The van der Waals surface area contributed by atoms with Gasteiger partial charge in [0.05, 0.1) is 0 Å². The predicted octanol–water partition coefficient (Wildman–Crippen LogP) is 3.67. The normalized spacial score (nSPS) is 11.3. The third kappa shape index (κ3) is 3.34. The fourth-order valence-corrected chi connectivity index (χ4v) is 2.29. The lowest BCUT2D eigenvalue weighted by molar-refractivity contribution is -0.131. The van der Waals surface area contributed by atoms with Crippen molar-refractivity contribution in [3.63, 3.8) is 0 Å². The second-order valence-corrected chi connectivity index (χ2v) is 5.34. The molecule has 0 saturated heterocycles. The summed E-state index contributed by atoms with van der Waals surface area (Å²) in [5.74, 6) is 0.271. The molecule has 82 valence electrons. The largest absolute Gasteiger partial charge is 0.427 e. The van der Waals surface area contributed by atoms with Gasteiger partial charge in [-0.2, -0.15) is 0 Å². The van der Waals surface area contributed by atoms with Crippen LogP contribution in [0.4, 0.5) is 0 Å². The molecule has 0 amide bonds. The first-order valence-corrected chi connectivity index (χ1v) is 5.58. The molecule has 0 bridgehead atoms. The first-order valence-electron chi connectivity index (χ1n) is 4.79. The molecular formula is C12H15BrO2. The van der Waals surface area contributed by atoms with E-state index in [0.717, 1.165) is 4.47 Å². The van der Waals surface area contributed by atoms with Crippen molar-refractivity contribution in [2.24, 2.45) is 0 Å². The topological polar surface area (TPSA) is 26.3 Å². The van der Waals surface area contributed by atoms with Crippen LogP contribution in [0, 0.1) is 0 Å². The highest BCUT2D eigenvalue weighted by Gasteiger charge is 2.17. The van der Waals surface area contributed by atoms with Crippen molar-refractivity contribution in [2.45, 2.75) is 33.1 Å². The molecule has 0 radical (unpaired) electrons. The highest BCUT2D eigenvalue weighted by Crippen LogP contribution is 2.32. The molecule has 15 heavy (non-hydrogen) atoms. The average molecular weight is 271 g/mol. The number of hydrogen-bond donors (Lipinski definition) is 0. The minimum atomic E-state index is -0.301. The number of esters is 1. The number of ether oxygens (including phenoxy) is 1. The molecule has 0 fully saturated rings. The number of carbonyl (C=O) groups is 1. The molecular weight excluding hydrogens is 256 g/mol. The van der Waals surface area contributed by atoms with Crippen molar-refractivity contribution >= 4 is 21.9 Å². The molecule has 0 saturated carbocycles. The van der Waals surface area contributed by atoms with Crippen molar-refractivity contribution in [2.75, 3.05) is 0 Å². The lowest BCUT2D eigenvalue weighted by Gasteiger charge is -2.21. The van der Waals surface area contributed by atoms with E-state index in [0.29, 0.717) is 5.75 Å². The molecule has 2 nitrogen and oxygen atoms in total. The summed E-state index contributed by atoms with van der Waals surface area (Å²) < 4.78 is 5.96. The molecule has 0 aliphatic heterocycles. The third-order valence-electron chi connectivity index (χ3n) is 2.01. The molecule has 0 spiro atoms. The fourth-order valence-electron chi connectivity index (χ4n) is 1.33. The Morgan fingerprint density at radius 1 is 1.33 bits per heavy atom. The Labute approximate surface area is 98.8 Å². The molecule has 0 aliphatic rings. The highest BCUT2D eigenvalue weighted by molar-refractivity contribution is 9.10. The molecule has 0 aliphatic carbocycles. The zero-order chi connectivity index (χ0) is 11.6. The first-order chi connectivity index (χ1) is 6.80.